The molecule has 1 unspecified atom stereocenters. The van der Waals surface area contributed by atoms with E-state index < -0.39 is 0 Å². The molecule has 3 atom stereocenters. The van der Waals surface area contributed by atoms with E-state index in [9.17, 15) is 4.79 Å². The minimum Gasteiger partial charge on any atom is -0.395 e. The molecule has 0 radical (unpaired) electrons. The minimum absolute atomic E-state index is 0.0445. The molecule has 0 spiro atoms. The Morgan fingerprint density at radius 3 is 2.70 bits per heavy atom. The summed E-state index contributed by atoms with van der Waals surface area (Å²) in [6.45, 7) is 13.8. The molecule has 2 aromatic carbocycles. The number of hydrogen-bond acceptors (Lipinski definition) is 6. The van der Waals surface area contributed by atoms with Gasteiger partial charge >= 0.3 is 0 Å². The second kappa shape index (κ2) is 16.1. The van der Waals surface area contributed by atoms with Gasteiger partial charge in [0, 0.05) is 77.7 Å². The second-order valence-electron chi connectivity index (χ2n) is 12.8. The standard InChI is InChI=1S/C20H25N3O.C18H26ClN3O/c1-4-23(5-2)20(24)14-9-16-15-7-6-8-17-19(15)13(11-21-17)10-18(16)22(3)12-14;1-3-22(11-12-23)10-4-5-14(2)21-17-8-9-20-18-13-15(19)6-7-16(17)18/h6-9,11,14,18,21H,4-5,10,12H2,1-3H3;6-9,13-14,23H,3-5,10-12H2,1-2H3,(H,20,21)/t14-,18-;/m1./s1. The van der Waals surface area contributed by atoms with Crippen LogP contribution in [0.5, 0.6) is 0 Å². The molecule has 47 heavy (non-hydrogen) atoms. The van der Waals surface area contributed by atoms with Gasteiger partial charge in [-0.1, -0.05) is 36.7 Å². The van der Waals surface area contributed by atoms with E-state index in [0.717, 1.165) is 75.1 Å². The quantitative estimate of drug-likeness (QED) is 0.157. The number of amides is 1. The summed E-state index contributed by atoms with van der Waals surface area (Å²) in [6, 6.07) is 15.0. The highest BCUT2D eigenvalue weighted by Gasteiger charge is 2.36. The van der Waals surface area contributed by atoms with Crippen LogP contribution in [-0.4, -0.2) is 101 Å². The molecule has 0 saturated carbocycles. The lowest BCUT2D eigenvalue weighted by Crippen LogP contribution is -2.47. The molecule has 0 saturated heterocycles. The first-order chi connectivity index (χ1) is 22.8. The zero-order valence-corrected chi connectivity index (χ0v) is 29.4. The maximum Gasteiger partial charge on any atom is 0.230 e. The number of carbonyl (C=O) groups excluding carboxylic acids is 1. The van der Waals surface area contributed by atoms with Crippen molar-refractivity contribution < 1.29 is 9.90 Å². The fraction of sp³-hybridized carbons (Fsp3) is 0.474. The Bertz CT molecular complexity index is 1680. The van der Waals surface area contributed by atoms with Crippen LogP contribution in [0.3, 0.4) is 0 Å². The molecular weight excluding hydrogens is 608 g/mol. The average Bonchev–Trinajstić information content (AvgIpc) is 3.49. The molecule has 1 amide bonds. The van der Waals surface area contributed by atoms with Crippen LogP contribution in [0.15, 0.2) is 60.9 Å². The number of H-pyrrole nitrogens is 1. The molecule has 4 aromatic rings. The van der Waals surface area contributed by atoms with Gasteiger partial charge in [0.2, 0.25) is 5.91 Å². The first-order valence-corrected chi connectivity index (χ1v) is 17.6. The van der Waals surface area contributed by atoms with Gasteiger partial charge < -0.3 is 25.2 Å². The normalized spacial score (nSPS) is 18.0. The lowest BCUT2D eigenvalue weighted by atomic mass is 9.79. The Labute approximate surface area is 284 Å². The fourth-order valence-electron chi connectivity index (χ4n) is 7.15. The number of aliphatic hydroxyl groups is 1. The number of likely N-dealkylation sites (N-methyl/N-ethyl adjacent to an activating group) is 2. The summed E-state index contributed by atoms with van der Waals surface area (Å²) in [7, 11) is 2.15. The van der Waals surface area contributed by atoms with Crippen LogP contribution in [0, 0.1) is 5.92 Å². The van der Waals surface area contributed by atoms with Crippen LogP contribution in [0.25, 0.3) is 27.4 Å². The Morgan fingerprint density at radius 2 is 1.96 bits per heavy atom. The van der Waals surface area contributed by atoms with Gasteiger partial charge in [0.25, 0.3) is 0 Å². The van der Waals surface area contributed by atoms with Gasteiger partial charge in [-0.05, 0) is 107 Å². The van der Waals surface area contributed by atoms with E-state index >= 15 is 0 Å². The van der Waals surface area contributed by atoms with Crippen LogP contribution in [0.1, 0.15) is 51.7 Å². The molecule has 252 valence electrons. The summed E-state index contributed by atoms with van der Waals surface area (Å²) < 4.78 is 0. The summed E-state index contributed by atoms with van der Waals surface area (Å²) in [4.78, 5) is 27.2. The highest BCUT2D eigenvalue weighted by atomic mass is 35.5. The van der Waals surface area contributed by atoms with Gasteiger partial charge in [0.05, 0.1) is 18.0 Å². The number of aromatic nitrogens is 2. The Hall–Kier alpha value is -3.43. The van der Waals surface area contributed by atoms with E-state index in [-0.39, 0.29) is 18.4 Å². The molecule has 3 N–H and O–H groups in total. The van der Waals surface area contributed by atoms with E-state index in [2.05, 4.69) is 90.3 Å². The van der Waals surface area contributed by atoms with Crippen LogP contribution in [0.4, 0.5) is 5.69 Å². The summed E-state index contributed by atoms with van der Waals surface area (Å²) >= 11 is 6.03. The third-order valence-corrected chi connectivity index (χ3v) is 9.98. The molecule has 6 rings (SSSR count). The van der Waals surface area contributed by atoms with Crippen LogP contribution < -0.4 is 5.32 Å². The van der Waals surface area contributed by atoms with Crippen LogP contribution >= 0.6 is 11.6 Å². The van der Waals surface area contributed by atoms with Crippen molar-refractivity contribution in [1.82, 2.24) is 24.7 Å². The number of nitrogens with zero attached hydrogens (tertiary/aromatic N) is 4. The summed E-state index contributed by atoms with van der Waals surface area (Å²) in [6.07, 6.45) is 9.41. The van der Waals surface area contributed by atoms with Crippen molar-refractivity contribution in [2.75, 3.05) is 58.2 Å². The van der Waals surface area contributed by atoms with Gasteiger partial charge in [-0.3, -0.25) is 14.7 Å². The second-order valence-corrected chi connectivity index (χ2v) is 13.2. The molecule has 8 nitrogen and oxygen atoms in total. The molecule has 2 aliphatic rings. The number of fused-ring (bicyclic) bond motifs is 3. The maximum atomic E-state index is 12.9. The van der Waals surface area contributed by atoms with Crippen molar-refractivity contribution in [1.29, 1.82) is 0 Å². The van der Waals surface area contributed by atoms with Gasteiger partial charge in [-0.15, -0.1) is 0 Å². The van der Waals surface area contributed by atoms with Crippen molar-refractivity contribution >= 4 is 50.6 Å². The average molecular weight is 659 g/mol. The van der Waals surface area contributed by atoms with Crippen molar-refractivity contribution in [2.24, 2.45) is 5.92 Å². The SMILES string of the molecule is CCN(CC)C(=O)[C@@H]1C=C2c3cccc4[nH]cc(c34)C[C@H]2N(C)C1.CCN(CCO)CCCC(C)Nc1ccnc2cc(Cl)ccc12. The highest BCUT2D eigenvalue weighted by Crippen LogP contribution is 2.41. The highest BCUT2D eigenvalue weighted by molar-refractivity contribution is 6.31. The van der Waals surface area contributed by atoms with Crippen molar-refractivity contribution in [2.45, 2.75) is 59.0 Å². The van der Waals surface area contributed by atoms with Crippen molar-refractivity contribution in [3.8, 4) is 0 Å². The largest absolute Gasteiger partial charge is 0.395 e. The number of nitrogens with one attached hydrogen (secondary N) is 2. The van der Waals surface area contributed by atoms with E-state index in [0.29, 0.717) is 17.1 Å². The van der Waals surface area contributed by atoms with Gasteiger partial charge in [-0.2, -0.15) is 0 Å². The number of pyridine rings is 1. The molecule has 1 aliphatic carbocycles. The zero-order valence-electron chi connectivity index (χ0n) is 28.6. The Kier molecular flexibility index (Phi) is 12.0. The van der Waals surface area contributed by atoms with Gasteiger partial charge in [0.1, 0.15) is 0 Å². The Balaban J connectivity index is 0.000000185. The number of hydrogen-bond donors (Lipinski definition) is 3. The summed E-state index contributed by atoms with van der Waals surface area (Å²) in [5.74, 6) is 0.210. The fourth-order valence-corrected chi connectivity index (χ4v) is 7.32. The topological polar surface area (TPSA) is 87.7 Å². The molecular formula is C38H51ClN6O2. The van der Waals surface area contributed by atoms with E-state index in [4.69, 9.17) is 16.7 Å². The number of aliphatic hydroxyl groups excluding tert-OH is 1. The predicted octanol–water partition coefficient (Wildman–Crippen LogP) is 6.69. The lowest BCUT2D eigenvalue weighted by molar-refractivity contribution is -0.134. The van der Waals surface area contributed by atoms with Crippen molar-refractivity contribution in [3.63, 3.8) is 0 Å². The Morgan fingerprint density at radius 1 is 1.15 bits per heavy atom. The summed E-state index contributed by atoms with van der Waals surface area (Å²) in [5, 5.41) is 15.7. The number of carbonyl (C=O) groups is 1. The maximum absolute atomic E-state index is 12.9. The van der Waals surface area contributed by atoms with Crippen LogP contribution in [0.2, 0.25) is 5.02 Å². The van der Waals surface area contributed by atoms with Gasteiger partial charge in [0.15, 0.2) is 0 Å². The predicted molar refractivity (Wildman–Crippen MR) is 196 cm³/mol. The number of halogens is 1. The molecule has 9 heteroatoms. The number of benzene rings is 2. The first kappa shape index (κ1) is 34.9. The monoisotopic (exact) mass is 658 g/mol. The smallest absolute Gasteiger partial charge is 0.230 e. The molecule has 1 aliphatic heterocycles. The molecule has 0 bridgehead atoms. The molecule has 0 fully saturated rings. The first-order valence-electron chi connectivity index (χ1n) is 17.2. The minimum atomic E-state index is -0.0445. The third kappa shape index (κ3) is 8.00. The lowest BCUT2D eigenvalue weighted by Gasteiger charge is -2.40. The molecule has 3 heterocycles. The number of anilines is 1. The van der Waals surface area contributed by atoms with E-state index in [1.807, 2.05) is 35.4 Å². The van der Waals surface area contributed by atoms with Gasteiger partial charge in [-0.25, -0.2) is 0 Å². The number of rotatable bonds is 12. The summed E-state index contributed by atoms with van der Waals surface area (Å²) in [5.41, 5.74) is 7.22. The van der Waals surface area contributed by atoms with Crippen molar-refractivity contribution in [3.05, 3.63) is 77.1 Å². The van der Waals surface area contributed by atoms with Crippen LogP contribution in [-0.2, 0) is 11.2 Å². The zero-order chi connectivity index (χ0) is 33.5. The number of aromatic amines is 1. The van der Waals surface area contributed by atoms with E-state index in [1.54, 1.807) is 0 Å². The molecule has 2 aromatic heterocycles. The third-order valence-electron chi connectivity index (χ3n) is 9.74. The van der Waals surface area contributed by atoms with E-state index in [1.165, 1.54) is 27.6 Å².